The fourth-order valence-electron chi connectivity index (χ4n) is 4.01. The zero-order chi connectivity index (χ0) is 14.3. The molecule has 0 saturated heterocycles. The number of fused-ring (bicyclic) bond motifs is 1. The second kappa shape index (κ2) is 5.20. The lowest BCUT2D eigenvalue weighted by atomic mass is 9.72. The summed E-state index contributed by atoms with van der Waals surface area (Å²) in [7, 11) is 0. The average Bonchev–Trinajstić information content (AvgIpc) is 3.28. The van der Waals surface area contributed by atoms with Gasteiger partial charge in [-0.3, -0.25) is 0 Å². The fraction of sp³-hybridized carbons (Fsp3) is 0.667. The zero-order valence-electron chi connectivity index (χ0n) is 12.9. The Kier molecular flexibility index (Phi) is 3.33. The summed E-state index contributed by atoms with van der Waals surface area (Å²) >= 11 is 0. The van der Waals surface area contributed by atoms with Gasteiger partial charge in [-0.2, -0.15) is 0 Å². The highest BCUT2D eigenvalue weighted by atomic mass is 16.6. The van der Waals surface area contributed by atoms with E-state index in [1.165, 1.54) is 37.7 Å². The first kappa shape index (κ1) is 13.4. The summed E-state index contributed by atoms with van der Waals surface area (Å²) in [6.45, 7) is 4.85. The second-order valence-electron chi connectivity index (χ2n) is 6.96. The number of hydrogen-bond donors (Lipinski definition) is 1. The maximum Gasteiger partial charge on any atom is 0.161 e. The molecule has 0 radical (unpaired) electrons. The Morgan fingerprint density at radius 1 is 1.14 bits per heavy atom. The van der Waals surface area contributed by atoms with Gasteiger partial charge in [0.25, 0.3) is 0 Å². The van der Waals surface area contributed by atoms with Crippen LogP contribution in [0.4, 0.5) is 0 Å². The Bertz CT molecular complexity index is 526. The number of ether oxygens (including phenoxy) is 2. The maximum absolute atomic E-state index is 5.80. The van der Waals surface area contributed by atoms with Gasteiger partial charge < -0.3 is 14.8 Å². The molecule has 21 heavy (non-hydrogen) atoms. The molecule has 0 bridgehead atoms. The van der Waals surface area contributed by atoms with E-state index in [2.05, 4.69) is 30.4 Å². The van der Waals surface area contributed by atoms with E-state index in [0.717, 1.165) is 30.0 Å². The SMILES string of the molecule is CC1CCCC1(CNC1CC1)c1ccc2c(c1)OCCO2. The molecule has 114 valence electrons. The minimum atomic E-state index is 0.276. The van der Waals surface area contributed by atoms with Crippen LogP contribution in [0.25, 0.3) is 0 Å². The number of nitrogens with one attached hydrogen (secondary N) is 1. The minimum Gasteiger partial charge on any atom is -0.486 e. The van der Waals surface area contributed by atoms with Gasteiger partial charge in [-0.15, -0.1) is 0 Å². The highest BCUT2D eigenvalue weighted by Gasteiger charge is 2.42. The van der Waals surface area contributed by atoms with Crippen LogP contribution in [0.3, 0.4) is 0 Å². The third kappa shape index (κ3) is 2.42. The number of benzene rings is 1. The number of hydrogen-bond acceptors (Lipinski definition) is 3. The summed E-state index contributed by atoms with van der Waals surface area (Å²) in [5.41, 5.74) is 1.71. The van der Waals surface area contributed by atoms with Gasteiger partial charge in [0.2, 0.25) is 0 Å². The molecule has 2 unspecified atom stereocenters. The van der Waals surface area contributed by atoms with E-state index in [1.807, 2.05) is 0 Å². The molecule has 3 aliphatic rings. The van der Waals surface area contributed by atoms with Gasteiger partial charge in [0.05, 0.1) is 0 Å². The van der Waals surface area contributed by atoms with Crippen molar-refractivity contribution in [2.75, 3.05) is 19.8 Å². The van der Waals surface area contributed by atoms with Gasteiger partial charge in [0, 0.05) is 18.0 Å². The molecule has 1 heterocycles. The highest BCUT2D eigenvalue weighted by Crippen LogP contribution is 2.47. The molecule has 1 aromatic rings. The van der Waals surface area contributed by atoms with E-state index in [9.17, 15) is 0 Å². The van der Waals surface area contributed by atoms with Crippen LogP contribution in [-0.4, -0.2) is 25.8 Å². The maximum atomic E-state index is 5.80. The first-order valence-electron chi connectivity index (χ1n) is 8.41. The lowest BCUT2D eigenvalue weighted by Gasteiger charge is -2.36. The van der Waals surface area contributed by atoms with Crippen molar-refractivity contribution in [1.29, 1.82) is 0 Å². The minimum absolute atomic E-state index is 0.276. The Morgan fingerprint density at radius 3 is 2.67 bits per heavy atom. The summed E-state index contributed by atoms with van der Waals surface area (Å²) in [6, 6.07) is 7.38. The fourth-order valence-corrected chi connectivity index (χ4v) is 4.01. The molecular formula is C18H25NO2. The topological polar surface area (TPSA) is 30.5 Å². The summed E-state index contributed by atoms with van der Waals surface area (Å²) in [5, 5.41) is 3.78. The molecule has 2 saturated carbocycles. The van der Waals surface area contributed by atoms with E-state index >= 15 is 0 Å². The van der Waals surface area contributed by atoms with Gasteiger partial charge in [-0.1, -0.05) is 19.4 Å². The average molecular weight is 287 g/mol. The zero-order valence-corrected chi connectivity index (χ0v) is 12.9. The predicted octanol–water partition coefficient (Wildman–Crippen LogP) is 3.27. The smallest absolute Gasteiger partial charge is 0.161 e. The second-order valence-corrected chi connectivity index (χ2v) is 6.96. The molecule has 0 amide bonds. The van der Waals surface area contributed by atoms with Crippen molar-refractivity contribution >= 4 is 0 Å². The van der Waals surface area contributed by atoms with Gasteiger partial charge in [0.15, 0.2) is 11.5 Å². The van der Waals surface area contributed by atoms with Crippen LogP contribution < -0.4 is 14.8 Å². The van der Waals surface area contributed by atoms with Crippen LogP contribution in [0.1, 0.15) is 44.6 Å². The summed E-state index contributed by atoms with van der Waals surface area (Å²) < 4.78 is 11.5. The van der Waals surface area contributed by atoms with Gasteiger partial charge in [0.1, 0.15) is 13.2 Å². The molecular weight excluding hydrogens is 262 g/mol. The molecule has 3 nitrogen and oxygen atoms in total. The quantitative estimate of drug-likeness (QED) is 0.922. The van der Waals surface area contributed by atoms with Crippen molar-refractivity contribution < 1.29 is 9.47 Å². The van der Waals surface area contributed by atoms with E-state index in [0.29, 0.717) is 13.2 Å². The van der Waals surface area contributed by atoms with Gasteiger partial charge in [-0.25, -0.2) is 0 Å². The van der Waals surface area contributed by atoms with Crippen LogP contribution in [0, 0.1) is 5.92 Å². The van der Waals surface area contributed by atoms with Crippen molar-refractivity contribution in [2.45, 2.75) is 50.5 Å². The predicted molar refractivity (Wildman–Crippen MR) is 83.1 cm³/mol. The monoisotopic (exact) mass is 287 g/mol. The van der Waals surface area contributed by atoms with Crippen molar-refractivity contribution in [2.24, 2.45) is 5.92 Å². The van der Waals surface area contributed by atoms with Crippen LogP contribution >= 0.6 is 0 Å². The van der Waals surface area contributed by atoms with E-state index in [1.54, 1.807) is 0 Å². The molecule has 3 heteroatoms. The molecule has 2 atom stereocenters. The van der Waals surface area contributed by atoms with Crippen molar-refractivity contribution in [3.05, 3.63) is 23.8 Å². The molecule has 2 aliphatic carbocycles. The van der Waals surface area contributed by atoms with Crippen LogP contribution in [0.5, 0.6) is 11.5 Å². The van der Waals surface area contributed by atoms with Gasteiger partial charge >= 0.3 is 0 Å². The van der Waals surface area contributed by atoms with Crippen molar-refractivity contribution in [1.82, 2.24) is 5.32 Å². The third-order valence-corrected chi connectivity index (χ3v) is 5.60. The Morgan fingerprint density at radius 2 is 1.95 bits per heavy atom. The van der Waals surface area contributed by atoms with Gasteiger partial charge in [-0.05, 0) is 49.3 Å². The Labute approximate surface area is 127 Å². The highest BCUT2D eigenvalue weighted by molar-refractivity contribution is 5.46. The number of rotatable bonds is 4. The molecule has 4 rings (SSSR count). The Hall–Kier alpha value is -1.22. The largest absolute Gasteiger partial charge is 0.486 e. The lowest BCUT2D eigenvalue weighted by molar-refractivity contribution is 0.170. The first-order valence-corrected chi connectivity index (χ1v) is 8.41. The van der Waals surface area contributed by atoms with Crippen molar-refractivity contribution in [3.8, 4) is 11.5 Å². The van der Waals surface area contributed by atoms with E-state index in [-0.39, 0.29) is 5.41 Å². The molecule has 1 aliphatic heterocycles. The Balaban J connectivity index is 1.65. The molecule has 2 fully saturated rings. The van der Waals surface area contributed by atoms with Crippen LogP contribution in [0.2, 0.25) is 0 Å². The van der Waals surface area contributed by atoms with E-state index in [4.69, 9.17) is 9.47 Å². The summed E-state index contributed by atoms with van der Waals surface area (Å²) in [6.07, 6.45) is 6.66. The normalized spacial score (nSPS) is 31.4. The van der Waals surface area contributed by atoms with Crippen LogP contribution in [0.15, 0.2) is 18.2 Å². The van der Waals surface area contributed by atoms with Crippen LogP contribution in [-0.2, 0) is 5.41 Å². The summed E-state index contributed by atoms with van der Waals surface area (Å²) in [4.78, 5) is 0. The molecule has 1 aromatic carbocycles. The third-order valence-electron chi connectivity index (χ3n) is 5.60. The summed E-state index contributed by atoms with van der Waals surface area (Å²) in [5.74, 6) is 2.57. The van der Waals surface area contributed by atoms with E-state index < -0.39 is 0 Å². The molecule has 0 spiro atoms. The first-order chi connectivity index (χ1) is 10.3. The van der Waals surface area contributed by atoms with Crippen molar-refractivity contribution in [3.63, 3.8) is 0 Å². The standard InChI is InChI=1S/C18H25NO2/c1-13-3-2-8-18(13,12-19-15-5-6-15)14-4-7-16-17(11-14)21-10-9-20-16/h4,7,11,13,15,19H,2-3,5-6,8-10,12H2,1H3. The molecule has 1 N–H and O–H groups in total. The molecule has 0 aromatic heterocycles. The lowest BCUT2D eigenvalue weighted by Crippen LogP contribution is -2.41.